The van der Waals surface area contributed by atoms with Gasteiger partial charge in [0.15, 0.2) is 0 Å². The zero-order valence-electron chi connectivity index (χ0n) is 11.8. The lowest BCUT2D eigenvalue weighted by molar-refractivity contribution is -0.133. The molecule has 1 heterocycles. The monoisotopic (exact) mass is 271 g/mol. The van der Waals surface area contributed by atoms with E-state index >= 15 is 0 Å². The molecule has 0 radical (unpaired) electrons. The Morgan fingerprint density at radius 2 is 2.11 bits per heavy atom. The lowest BCUT2D eigenvalue weighted by Gasteiger charge is -2.29. The van der Waals surface area contributed by atoms with Crippen molar-refractivity contribution in [3.63, 3.8) is 0 Å². The first-order valence-electron chi connectivity index (χ1n) is 6.74. The molecule has 1 atom stereocenters. The highest BCUT2D eigenvalue weighted by molar-refractivity contribution is 5.88. The number of hydrogen-bond acceptors (Lipinski definition) is 4. The number of likely N-dealkylation sites (tertiary alicyclic amines) is 1. The number of carbonyl (C=O) groups excluding carboxylic acids is 1. The number of ether oxygens (including phenoxy) is 1. The molecule has 1 rings (SSSR count). The normalized spacial score (nSPS) is 18.1. The molecule has 1 saturated heterocycles. The van der Waals surface area contributed by atoms with Crippen molar-refractivity contribution in [3.05, 3.63) is 0 Å². The molecule has 0 spiro atoms. The number of carbonyl (C=O) groups is 1. The summed E-state index contributed by atoms with van der Waals surface area (Å²) >= 11 is 0. The largest absolute Gasteiger partial charge is 0.383 e. The van der Waals surface area contributed by atoms with E-state index in [1.807, 2.05) is 11.8 Å². The number of rotatable bonds is 5. The van der Waals surface area contributed by atoms with Gasteiger partial charge in [0, 0.05) is 20.2 Å². The van der Waals surface area contributed by atoms with Crippen molar-refractivity contribution in [1.82, 2.24) is 15.6 Å². The average molecular weight is 271 g/mol. The van der Waals surface area contributed by atoms with Crippen LogP contribution in [0.25, 0.3) is 0 Å². The fourth-order valence-corrected chi connectivity index (χ4v) is 2.04. The summed E-state index contributed by atoms with van der Waals surface area (Å²) in [7, 11) is 1.61. The van der Waals surface area contributed by atoms with Gasteiger partial charge < -0.3 is 15.0 Å². The van der Waals surface area contributed by atoms with E-state index in [1.54, 1.807) is 7.11 Å². The summed E-state index contributed by atoms with van der Waals surface area (Å²) in [6, 6.07) is -0.338. The molecule has 1 unspecified atom stereocenters. The molecule has 1 fully saturated rings. The second-order valence-electron chi connectivity index (χ2n) is 4.62. The number of piperidine rings is 1. The maximum absolute atomic E-state index is 12.2. The third-order valence-corrected chi connectivity index (χ3v) is 3.09. The van der Waals surface area contributed by atoms with E-state index in [0.717, 1.165) is 25.9 Å². The van der Waals surface area contributed by atoms with E-state index in [0.29, 0.717) is 19.1 Å². The summed E-state index contributed by atoms with van der Waals surface area (Å²) in [6.07, 6.45) is 3.38. The summed E-state index contributed by atoms with van der Waals surface area (Å²) in [6.45, 7) is 4.52. The first-order chi connectivity index (χ1) is 9.19. The van der Waals surface area contributed by atoms with Crippen LogP contribution in [0.3, 0.4) is 0 Å². The zero-order valence-corrected chi connectivity index (χ0v) is 11.8. The number of nitrogens with zero attached hydrogens (tertiary/aromatic N) is 2. The first-order valence-corrected chi connectivity index (χ1v) is 6.74. The van der Waals surface area contributed by atoms with E-state index in [4.69, 9.17) is 10.6 Å². The predicted octanol–water partition coefficient (Wildman–Crippen LogP) is -0.557. The Bertz CT molecular complexity index is 302. The molecule has 110 valence electrons. The molecule has 0 aromatic heterocycles. The molecule has 1 aliphatic heterocycles. The third kappa shape index (κ3) is 5.44. The van der Waals surface area contributed by atoms with E-state index in [2.05, 4.69) is 15.7 Å². The molecule has 0 aromatic rings. The summed E-state index contributed by atoms with van der Waals surface area (Å²) in [5.74, 6) is 5.88. The molecule has 4 N–H and O–H groups in total. The van der Waals surface area contributed by atoms with Gasteiger partial charge in [0.2, 0.25) is 11.9 Å². The van der Waals surface area contributed by atoms with Crippen LogP contribution < -0.4 is 16.6 Å². The Morgan fingerprint density at radius 1 is 1.42 bits per heavy atom. The highest BCUT2D eigenvalue weighted by Crippen LogP contribution is 2.09. The van der Waals surface area contributed by atoms with Gasteiger partial charge >= 0.3 is 0 Å². The third-order valence-electron chi connectivity index (χ3n) is 3.09. The van der Waals surface area contributed by atoms with Gasteiger partial charge in [0.05, 0.1) is 13.2 Å². The maximum Gasteiger partial charge on any atom is 0.244 e. The minimum Gasteiger partial charge on any atom is -0.383 e. The fraction of sp³-hybridized carbons (Fsp3) is 0.833. The highest BCUT2D eigenvalue weighted by Gasteiger charge is 2.22. The van der Waals surface area contributed by atoms with Gasteiger partial charge in [-0.15, -0.1) is 0 Å². The molecular weight excluding hydrogens is 246 g/mol. The molecule has 7 heteroatoms. The Hall–Kier alpha value is -1.34. The Morgan fingerprint density at radius 3 is 2.68 bits per heavy atom. The van der Waals surface area contributed by atoms with Crippen LogP contribution in [-0.4, -0.2) is 56.2 Å². The fourth-order valence-electron chi connectivity index (χ4n) is 2.04. The van der Waals surface area contributed by atoms with Crippen molar-refractivity contribution in [2.24, 2.45) is 10.8 Å². The van der Waals surface area contributed by atoms with Crippen molar-refractivity contribution < 1.29 is 9.53 Å². The smallest absolute Gasteiger partial charge is 0.244 e. The topological polar surface area (TPSA) is 92.0 Å². The molecule has 0 saturated carbocycles. The number of hydrazine groups is 1. The van der Waals surface area contributed by atoms with Gasteiger partial charge in [-0.1, -0.05) is 0 Å². The van der Waals surface area contributed by atoms with Gasteiger partial charge in [-0.05, 0) is 26.2 Å². The second kappa shape index (κ2) is 8.71. The SMILES string of the molecule is COCCN=C(NN)NC(C)C(=O)N1CCCCC1. The van der Waals surface area contributed by atoms with Gasteiger partial charge in [0.25, 0.3) is 0 Å². The van der Waals surface area contributed by atoms with Gasteiger partial charge in [-0.3, -0.25) is 10.2 Å². The molecule has 19 heavy (non-hydrogen) atoms. The minimum absolute atomic E-state index is 0.0920. The number of aliphatic imine (C=N–C) groups is 1. The summed E-state index contributed by atoms with van der Waals surface area (Å²) < 4.78 is 4.91. The second-order valence-corrected chi connectivity index (χ2v) is 4.62. The van der Waals surface area contributed by atoms with Crippen molar-refractivity contribution >= 4 is 11.9 Å². The van der Waals surface area contributed by atoms with E-state index in [1.165, 1.54) is 6.42 Å². The lowest BCUT2D eigenvalue weighted by atomic mass is 10.1. The van der Waals surface area contributed by atoms with E-state index < -0.39 is 0 Å². The zero-order chi connectivity index (χ0) is 14.1. The van der Waals surface area contributed by atoms with Crippen molar-refractivity contribution in [1.29, 1.82) is 0 Å². The van der Waals surface area contributed by atoms with Crippen LogP contribution in [-0.2, 0) is 9.53 Å². The van der Waals surface area contributed by atoms with Gasteiger partial charge in [0.1, 0.15) is 6.04 Å². The average Bonchev–Trinajstić information content (AvgIpc) is 2.46. The van der Waals surface area contributed by atoms with Crippen LogP contribution >= 0.6 is 0 Å². The molecule has 0 bridgehead atoms. The number of guanidine groups is 1. The maximum atomic E-state index is 12.2. The number of nitrogens with one attached hydrogen (secondary N) is 2. The van der Waals surface area contributed by atoms with E-state index in [9.17, 15) is 4.79 Å². The van der Waals surface area contributed by atoms with Crippen molar-refractivity contribution in [2.45, 2.75) is 32.2 Å². The van der Waals surface area contributed by atoms with Gasteiger partial charge in [-0.2, -0.15) is 0 Å². The lowest BCUT2D eigenvalue weighted by Crippen LogP contribution is -2.52. The molecule has 1 aliphatic rings. The minimum atomic E-state index is -0.338. The number of hydrogen-bond donors (Lipinski definition) is 3. The predicted molar refractivity (Wildman–Crippen MR) is 74.5 cm³/mol. The Balaban J connectivity index is 2.44. The quantitative estimate of drug-likeness (QED) is 0.205. The first kappa shape index (κ1) is 15.7. The standard InChI is InChI=1S/C12H25N5O2/c1-10(11(18)17-7-4-3-5-8-17)15-12(16-13)14-6-9-19-2/h10H,3-9,13H2,1-2H3,(H2,14,15,16). The van der Waals surface area contributed by atoms with Crippen molar-refractivity contribution in [3.8, 4) is 0 Å². The van der Waals surface area contributed by atoms with Crippen LogP contribution in [0.15, 0.2) is 4.99 Å². The molecule has 1 amide bonds. The van der Waals surface area contributed by atoms with Crippen LogP contribution in [0, 0.1) is 0 Å². The number of methoxy groups -OCH3 is 1. The summed E-state index contributed by atoms with van der Waals surface area (Å²) in [4.78, 5) is 18.3. The van der Waals surface area contributed by atoms with Crippen LogP contribution in [0.4, 0.5) is 0 Å². The van der Waals surface area contributed by atoms with Crippen molar-refractivity contribution in [2.75, 3.05) is 33.4 Å². The van der Waals surface area contributed by atoms with Crippen LogP contribution in [0.5, 0.6) is 0 Å². The van der Waals surface area contributed by atoms with Crippen LogP contribution in [0.1, 0.15) is 26.2 Å². The molecular formula is C12H25N5O2. The Kier molecular flexibility index (Phi) is 7.20. The molecule has 0 aromatic carbocycles. The molecule has 7 nitrogen and oxygen atoms in total. The van der Waals surface area contributed by atoms with Crippen LogP contribution in [0.2, 0.25) is 0 Å². The molecule has 0 aliphatic carbocycles. The number of nitrogens with two attached hydrogens (primary N) is 1. The summed E-state index contributed by atoms with van der Waals surface area (Å²) in [5, 5.41) is 2.99. The Labute approximate surface area is 114 Å². The van der Waals surface area contributed by atoms with E-state index in [-0.39, 0.29) is 11.9 Å². The van der Waals surface area contributed by atoms with Gasteiger partial charge in [-0.25, -0.2) is 10.8 Å². The summed E-state index contributed by atoms with van der Waals surface area (Å²) in [5.41, 5.74) is 2.46. The highest BCUT2D eigenvalue weighted by atomic mass is 16.5. The number of amides is 1.